The van der Waals surface area contributed by atoms with Crippen LogP contribution in [0.3, 0.4) is 0 Å². The van der Waals surface area contributed by atoms with Crippen LogP contribution in [0.15, 0.2) is 18.2 Å². The molecule has 0 aliphatic heterocycles. The van der Waals surface area contributed by atoms with Gasteiger partial charge in [-0.3, -0.25) is 4.79 Å². The van der Waals surface area contributed by atoms with Gasteiger partial charge >= 0.3 is 5.97 Å². The Morgan fingerprint density at radius 2 is 1.90 bits per heavy atom. The average Bonchev–Trinajstić information content (AvgIpc) is 2.45. The highest BCUT2D eigenvalue weighted by atomic mass is 16.5. The molecule has 110 valence electrons. The van der Waals surface area contributed by atoms with Crippen molar-refractivity contribution in [3.8, 4) is 11.5 Å². The number of benzene rings is 1. The lowest BCUT2D eigenvalue weighted by molar-refractivity contribution is -0.133. The molecule has 6 nitrogen and oxygen atoms in total. The Kier molecular flexibility index (Phi) is 5.83. The summed E-state index contributed by atoms with van der Waals surface area (Å²) in [6.45, 7) is 4.68. The van der Waals surface area contributed by atoms with Crippen LogP contribution in [0.4, 0.5) is 0 Å². The first-order valence-corrected chi connectivity index (χ1v) is 6.35. The SMILES string of the molecule is CCN(CC)C(=O)COc1c(OC)cccc1C(=O)O. The van der Waals surface area contributed by atoms with Crippen LogP contribution in [-0.2, 0) is 4.79 Å². The van der Waals surface area contributed by atoms with Gasteiger partial charge in [-0.25, -0.2) is 4.79 Å². The summed E-state index contributed by atoms with van der Waals surface area (Å²) in [6.07, 6.45) is 0. The number of para-hydroxylation sites is 1. The molecule has 0 unspecified atom stereocenters. The fourth-order valence-corrected chi connectivity index (χ4v) is 1.80. The second kappa shape index (κ2) is 7.37. The molecule has 0 heterocycles. The normalized spacial score (nSPS) is 9.95. The van der Waals surface area contributed by atoms with E-state index in [0.717, 1.165) is 0 Å². The van der Waals surface area contributed by atoms with Crippen LogP contribution in [0.25, 0.3) is 0 Å². The maximum atomic E-state index is 11.9. The van der Waals surface area contributed by atoms with Crippen molar-refractivity contribution in [2.75, 3.05) is 26.8 Å². The van der Waals surface area contributed by atoms with Gasteiger partial charge in [-0.15, -0.1) is 0 Å². The molecule has 0 aliphatic rings. The van der Waals surface area contributed by atoms with Gasteiger partial charge in [0.15, 0.2) is 18.1 Å². The highest BCUT2D eigenvalue weighted by Gasteiger charge is 2.18. The molecule has 1 aromatic carbocycles. The predicted molar refractivity (Wildman–Crippen MR) is 73.4 cm³/mol. The number of carboxylic acid groups (broad SMARTS) is 1. The molecule has 6 heteroatoms. The molecule has 0 radical (unpaired) electrons. The van der Waals surface area contributed by atoms with Crippen LogP contribution in [-0.4, -0.2) is 48.7 Å². The molecule has 1 N–H and O–H groups in total. The average molecular weight is 281 g/mol. The highest BCUT2D eigenvalue weighted by molar-refractivity contribution is 5.92. The second-order valence-electron chi connectivity index (χ2n) is 4.00. The molecule has 0 saturated carbocycles. The summed E-state index contributed by atoms with van der Waals surface area (Å²) in [5.41, 5.74) is -0.0308. The summed E-state index contributed by atoms with van der Waals surface area (Å²) in [4.78, 5) is 24.6. The van der Waals surface area contributed by atoms with Gasteiger partial charge in [-0.1, -0.05) is 6.07 Å². The van der Waals surface area contributed by atoms with Crippen molar-refractivity contribution in [2.45, 2.75) is 13.8 Å². The minimum atomic E-state index is -1.13. The minimum Gasteiger partial charge on any atom is -0.493 e. The van der Waals surface area contributed by atoms with Gasteiger partial charge in [0.1, 0.15) is 5.56 Å². The third kappa shape index (κ3) is 3.63. The third-order valence-electron chi connectivity index (χ3n) is 2.89. The molecule has 0 aromatic heterocycles. The number of hydrogen-bond donors (Lipinski definition) is 1. The number of carboxylic acids is 1. The van der Waals surface area contributed by atoms with Crippen molar-refractivity contribution < 1.29 is 24.2 Å². The van der Waals surface area contributed by atoms with E-state index >= 15 is 0 Å². The maximum absolute atomic E-state index is 11.9. The number of nitrogens with zero attached hydrogens (tertiary/aromatic N) is 1. The molecular formula is C14H19NO5. The number of carbonyl (C=O) groups excluding carboxylic acids is 1. The molecule has 0 bridgehead atoms. The third-order valence-corrected chi connectivity index (χ3v) is 2.89. The summed E-state index contributed by atoms with van der Waals surface area (Å²) < 4.78 is 10.4. The summed E-state index contributed by atoms with van der Waals surface area (Å²) in [6, 6.07) is 4.55. The van der Waals surface area contributed by atoms with Gasteiger partial charge in [0.25, 0.3) is 5.91 Å². The Morgan fingerprint density at radius 1 is 1.25 bits per heavy atom. The largest absolute Gasteiger partial charge is 0.493 e. The van der Waals surface area contributed by atoms with Gasteiger partial charge in [0, 0.05) is 13.1 Å². The fraction of sp³-hybridized carbons (Fsp3) is 0.429. The van der Waals surface area contributed by atoms with Gasteiger partial charge in [0.2, 0.25) is 0 Å². The highest BCUT2D eigenvalue weighted by Crippen LogP contribution is 2.31. The van der Waals surface area contributed by atoms with Crippen LogP contribution in [0.2, 0.25) is 0 Å². The number of likely N-dealkylation sites (N-methyl/N-ethyl adjacent to an activating group) is 1. The van der Waals surface area contributed by atoms with Crippen molar-refractivity contribution >= 4 is 11.9 Å². The van der Waals surface area contributed by atoms with Crippen LogP contribution in [0.1, 0.15) is 24.2 Å². The molecule has 0 saturated heterocycles. The number of carbonyl (C=O) groups is 2. The van der Waals surface area contributed by atoms with E-state index in [1.54, 1.807) is 17.0 Å². The smallest absolute Gasteiger partial charge is 0.339 e. The summed E-state index contributed by atoms with van der Waals surface area (Å²) in [7, 11) is 1.42. The van der Waals surface area contributed by atoms with Crippen LogP contribution in [0.5, 0.6) is 11.5 Å². The number of methoxy groups -OCH3 is 1. The lowest BCUT2D eigenvalue weighted by atomic mass is 10.2. The molecule has 0 fully saturated rings. The van der Waals surface area contributed by atoms with E-state index in [1.807, 2.05) is 13.8 Å². The van der Waals surface area contributed by atoms with Gasteiger partial charge in [-0.05, 0) is 26.0 Å². The first kappa shape index (κ1) is 15.8. The first-order chi connectivity index (χ1) is 9.54. The number of ether oxygens (including phenoxy) is 2. The van der Waals surface area contributed by atoms with Crippen molar-refractivity contribution in [2.24, 2.45) is 0 Å². The molecule has 0 aliphatic carbocycles. The summed E-state index contributed by atoms with van der Waals surface area (Å²) >= 11 is 0. The minimum absolute atomic E-state index is 0.0308. The van der Waals surface area contributed by atoms with E-state index in [-0.39, 0.29) is 29.6 Å². The zero-order chi connectivity index (χ0) is 15.1. The van der Waals surface area contributed by atoms with E-state index < -0.39 is 5.97 Å². The molecule has 1 aromatic rings. The molecule has 1 amide bonds. The maximum Gasteiger partial charge on any atom is 0.339 e. The Bertz CT molecular complexity index is 482. The van der Waals surface area contributed by atoms with E-state index in [0.29, 0.717) is 13.1 Å². The van der Waals surface area contributed by atoms with E-state index in [1.165, 1.54) is 13.2 Å². The Labute approximate surface area is 117 Å². The lowest BCUT2D eigenvalue weighted by Gasteiger charge is -2.19. The lowest BCUT2D eigenvalue weighted by Crippen LogP contribution is -2.34. The number of aromatic carboxylic acids is 1. The predicted octanol–water partition coefficient (Wildman–Crippen LogP) is 1.64. The van der Waals surface area contributed by atoms with Gasteiger partial charge in [-0.2, -0.15) is 0 Å². The van der Waals surface area contributed by atoms with Crippen molar-refractivity contribution in [1.29, 1.82) is 0 Å². The molecular weight excluding hydrogens is 262 g/mol. The standard InChI is InChI=1S/C14H19NO5/c1-4-15(5-2)12(16)9-20-13-10(14(17)18)7-6-8-11(13)19-3/h6-8H,4-5,9H2,1-3H3,(H,17,18). The number of rotatable bonds is 7. The topological polar surface area (TPSA) is 76.1 Å². The quantitative estimate of drug-likeness (QED) is 0.822. The zero-order valence-corrected chi connectivity index (χ0v) is 11.9. The monoisotopic (exact) mass is 281 g/mol. The second-order valence-corrected chi connectivity index (χ2v) is 4.00. The fourth-order valence-electron chi connectivity index (χ4n) is 1.80. The Balaban J connectivity index is 2.91. The molecule has 0 spiro atoms. The molecule has 20 heavy (non-hydrogen) atoms. The van der Waals surface area contributed by atoms with Crippen LogP contribution in [0, 0.1) is 0 Å². The van der Waals surface area contributed by atoms with Crippen molar-refractivity contribution in [3.05, 3.63) is 23.8 Å². The number of amides is 1. The van der Waals surface area contributed by atoms with E-state index in [9.17, 15) is 9.59 Å². The van der Waals surface area contributed by atoms with E-state index in [4.69, 9.17) is 14.6 Å². The summed E-state index contributed by atoms with van der Waals surface area (Å²) in [5, 5.41) is 9.12. The first-order valence-electron chi connectivity index (χ1n) is 6.35. The van der Waals surface area contributed by atoms with E-state index in [2.05, 4.69) is 0 Å². The van der Waals surface area contributed by atoms with Gasteiger partial charge < -0.3 is 19.5 Å². The van der Waals surface area contributed by atoms with Crippen molar-refractivity contribution in [3.63, 3.8) is 0 Å². The Morgan fingerprint density at radius 3 is 2.40 bits per heavy atom. The van der Waals surface area contributed by atoms with Crippen LogP contribution < -0.4 is 9.47 Å². The van der Waals surface area contributed by atoms with Crippen molar-refractivity contribution in [1.82, 2.24) is 4.90 Å². The van der Waals surface area contributed by atoms with Crippen LogP contribution >= 0.6 is 0 Å². The zero-order valence-electron chi connectivity index (χ0n) is 11.9. The number of hydrogen-bond acceptors (Lipinski definition) is 4. The Hall–Kier alpha value is -2.24. The van der Waals surface area contributed by atoms with Gasteiger partial charge in [0.05, 0.1) is 7.11 Å². The molecule has 1 rings (SSSR count). The summed E-state index contributed by atoms with van der Waals surface area (Å²) in [5.74, 6) is -0.966. The molecule has 0 atom stereocenters.